The molecule has 7 nitrogen and oxygen atoms in total. The van der Waals surface area contributed by atoms with Crippen LogP contribution in [0.15, 0.2) is 16.3 Å². The first kappa shape index (κ1) is 15.4. The molecule has 20 heavy (non-hydrogen) atoms. The van der Waals surface area contributed by atoms with E-state index in [1.165, 1.54) is 5.38 Å². The van der Waals surface area contributed by atoms with Crippen LogP contribution >= 0.6 is 11.3 Å². The Balaban J connectivity index is 2.16. The molecule has 1 aromatic heterocycles. The number of thiophene rings is 1. The summed E-state index contributed by atoms with van der Waals surface area (Å²) >= 11 is 0.809. The molecule has 2 rings (SSSR count). The molecule has 1 aliphatic heterocycles. The number of nitrogens with one attached hydrogen (secondary N) is 1. The van der Waals surface area contributed by atoms with Crippen LogP contribution in [0.4, 0.5) is 0 Å². The zero-order valence-electron chi connectivity index (χ0n) is 10.3. The van der Waals surface area contributed by atoms with Crippen LogP contribution in [0, 0.1) is 0 Å². The molecule has 0 bridgehead atoms. The number of hydrogen-bond acceptors (Lipinski definition) is 6. The van der Waals surface area contributed by atoms with Gasteiger partial charge >= 0.3 is 5.97 Å². The number of carboxylic acid groups (broad SMARTS) is 1. The van der Waals surface area contributed by atoms with Gasteiger partial charge in [-0.05, 0) is 18.9 Å². The van der Waals surface area contributed by atoms with E-state index in [1.54, 1.807) is 0 Å². The topological polar surface area (TPSA) is 118 Å². The Morgan fingerprint density at radius 2 is 2.15 bits per heavy atom. The van der Waals surface area contributed by atoms with Crippen LogP contribution in [-0.2, 0) is 19.9 Å². The van der Waals surface area contributed by atoms with Gasteiger partial charge in [0.1, 0.15) is 4.88 Å². The van der Waals surface area contributed by atoms with E-state index in [0.29, 0.717) is 12.8 Å². The highest BCUT2D eigenvalue weighted by atomic mass is 32.2. The third-order valence-corrected chi connectivity index (χ3v) is 7.27. The molecule has 1 aromatic rings. The van der Waals surface area contributed by atoms with Gasteiger partial charge in [-0.2, -0.15) is 0 Å². The summed E-state index contributed by atoms with van der Waals surface area (Å²) in [6.07, 6.45) is 0.869. The molecule has 112 valence electrons. The zero-order chi connectivity index (χ0) is 15.0. The van der Waals surface area contributed by atoms with Gasteiger partial charge in [0.15, 0.2) is 9.84 Å². The van der Waals surface area contributed by atoms with Crippen molar-refractivity contribution in [2.45, 2.75) is 23.8 Å². The number of hydrogen-bond donors (Lipinski definition) is 2. The molecule has 0 aromatic carbocycles. The molecule has 1 aliphatic rings. The Kier molecular flexibility index (Phi) is 4.19. The second-order valence-corrected chi connectivity index (χ2v) is 9.38. The normalized spacial score (nSPS) is 22.5. The molecule has 10 heteroatoms. The van der Waals surface area contributed by atoms with Crippen LogP contribution in [0.25, 0.3) is 0 Å². The number of aromatic carboxylic acids is 1. The van der Waals surface area contributed by atoms with Gasteiger partial charge < -0.3 is 5.11 Å². The Morgan fingerprint density at radius 1 is 1.45 bits per heavy atom. The van der Waals surface area contributed by atoms with Gasteiger partial charge in [0.2, 0.25) is 10.0 Å². The van der Waals surface area contributed by atoms with Crippen molar-refractivity contribution in [2.75, 3.05) is 11.5 Å². The Morgan fingerprint density at radius 3 is 2.70 bits per heavy atom. The maximum atomic E-state index is 12.1. The lowest BCUT2D eigenvalue weighted by Gasteiger charge is -2.22. The Labute approximate surface area is 120 Å². The van der Waals surface area contributed by atoms with Crippen molar-refractivity contribution in [3.05, 3.63) is 16.3 Å². The predicted octanol–water partition coefficient (Wildman–Crippen LogP) is 0.302. The summed E-state index contributed by atoms with van der Waals surface area (Å²) in [5.74, 6) is -1.34. The van der Waals surface area contributed by atoms with Crippen molar-refractivity contribution >= 4 is 37.2 Å². The fraction of sp³-hybridized carbons (Fsp3) is 0.500. The minimum atomic E-state index is -3.89. The quantitative estimate of drug-likeness (QED) is 0.815. The first-order valence-corrected chi connectivity index (χ1v) is 9.93. The van der Waals surface area contributed by atoms with E-state index in [2.05, 4.69) is 4.72 Å². The number of sulfonamides is 1. The summed E-state index contributed by atoms with van der Waals surface area (Å²) < 4.78 is 49.4. The fourth-order valence-corrected chi connectivity index (χ4v) is 6.10. The van der Waals surface area contributed by atoms with Gasteiger partial charge in [0, 0.05) is 11.4 Å². The SMILES string of the molecule is O=C(O)c1cc(S(=O)(=O)NC2CCCS(=O)(=O)C2)cs1. The number of rotatable bonds is 4. The van der Waals surface area contributed by atoms with Gasteiger partial charge in [-0.1, -0.05) is 0 Å². The van der Waals surface area contributed by atoms with Gasteiger partial charge in [0.25, 0.3) is 0 Å². The molecule has 1 atom stereocenters. The van der Waals surface area contributed by atoms with Crippen molar-refractivity contribution in [2.24, 2.45) is 0 Å². The molecule has 0 saturated carbocycles. The lowest BCUT2D eigenvalue weighted by Crippen LogP contribution is -2.43. The number of carbonyl (C=O) groups is 1. The van der Waals surface area contributed by atoms with Gasteiger partial charge in [-0.15, -0.1) is 11.3 Å². The van der Waals surface area contributed by atoms with Crippen LogP contribution in [0.1, 0.15) is 22.5 Å². The van der Waals surface area contributed by atoms with Crippen LogP contribution in [-0.4, -0.2) is 45.5 Å². The highest BCUT2D eigenvalue weighted by molar-refractivity contribution is 7.91. The monoisotopic (exact) mass is 339 g/mol. The minimum Gasteiger partial charge on any atom is -0.477 e. The first-order chi connectivity index (χ1) is 9.20. The first-order valence-electron chi connectivity index (χ1n) is 5.74. The molecule has 1 saturated heterocycles. The third kappa shape index (κ3) is 3.57. The second kappa shape index (κ2) is 5.43. The Bertz CT molecular complexity index is 718. The van der Waals surface area contributed by atoms with Crippen LogP contribution in [0.2, 0.25) is 0 Å². The van der Waals surface area contributed by atoms with E-state index in [0.717, 1.165) is 17.4 Å². The number of carboxylic acids is 1. The van der Waals surface area contributed by atoms with Crippen molar-refractivity contribution in [1.82, 2.24) is 4.72 Å². The minimum absolute atomic E-state index is 0.0762. The highest BCUT2D eigenvalue weighted by Crippen LogP contribution is 2.21. The van der Waals surface area contributed by atoms with Gasteiger partial charge in [-0.3, -0.25) is 0 Å². The van der Waals surface area contributed by atoms with Gasteiger partial charge in [-0.25, -0.2) is 26.4 Å². The summed E-state index contributed by atoms with van der Waals surface area (Å²) in [4.78, 5) is 10.5. The fourth-order valence-electron chi connectivity index (χ4n) is 1.98. The highest BCUT2D eigenvalue weighted by Gasteiger charge is 2.29. The lowest BCUT2D eigenvalue weighted by molar-refractivity contribution is 0.0702. The summed E-state index contributed by atoms with van der Waals surface area (Å²) in [6, 6.07) is 0.402. The summed E-state index contributed by atoms with van der Waals surface area (Å²) in [5, 5.41) is 10.00. The molecule has 0 radical (unpaired) electrons. The summed E-state index contributed by atoms with van der Waals surface area (Å²) in [6.45, 7) is 0. The second-order valence-electron chi connectivity index (χ2n) is 4.53. The van der Waals surface area contributed by atoms with E-state index in [-0.39, 0.29) is 21.3 Å². The molecule has 1 fully saturated rings. The van der Waals surface area contributed by atoms with Crippen molar-refractivity contribution in [3.63, 3.8) is 0 Å². The maximum Gasteiger partial charge on any atom is 0.345 e. The number of sulfone groups is 1. The third-order valence-electron chi connectivity index (χ3n) is 2.88. The van der Waals surface area contributed by atoms with Crippen LogP contribution in [0.3, 0.4) is 0 Å². The summed E-state index contributed by atoms with van der Waals surface area (Å²) in [5.41, 5.74) is 0. The summed E-state index contributed by atoms with van der Waals surface area (Å²) in [7, 11) is -7.10. The predicted molar refractivity (Wildman–Crippen MR) is 73.3 cm³/mol. The van der Waals surface area contributed by atoms with E-state index >= 15 is 0 Å². The van der Waals surface area contributed by atoms with E-state index in [9.17, 15) is 21.6 Å². The average Bonchev–Trinajstić information content (AvgIpc) is 2.76. The molecule has 0 aliphatic carbocycles. The largest absolute Gasteiger partial charge is 0.477 e. The van der Waals surface area contributed by atoms with E-state index < -0.39 is 31.9 Å². The van der Waals surface area contributed by atoms with Crippen molar-refractivity contribution in [1.29, 1.82) is 0 Å². The van der Waals surface area contributed by atoms with Crippen LogP contribution in [0.5, 0.6) is 0 Å². The Hall–Kier alpha value is -0.970. The van der Waals surface area contributed by atoms with Crippen molar-refractivity contribution < 1.29 is 26.7 Å². The average molecular weight is 339 g/mol. The smallest absolute Gasteiger partial charge is 0.345 e. The molecule has 2 heterocycles. The molecule has 0 spiro atoms. The maximum absolute atomic E-state index is 12.1. The van der Waals surface area contributed by atoms with E-state index in [1.807, 2.05) is 0 Å². The standard InChI is InChI=1S/C10H13NO6S3/c12-10(13)9-4-8(5-18-9)20(16,17)11-7-2-1-3-19(14,15)6-7/h4-5,7,11H,1-3,6H2,(H,12,13). The molecule has 0 amide bonds. The van der Waals surface area contributed by atoms with Crippen LogP contribution < -0.4 is 4.72 Å². The van der Waals surface area contributed by atoms with Crippen molar-refractivity contribution in [3.8, 4) is 0 Å². The zero-order valence-corrected chi connectivity index (χ0v) is 12.7. The van der Waals surface area contributed by atoms with Gasteiger partial charge in [0.05, 0.1) is 16.4 Å². The molecule has 2 N–H and O–H groups in total. The molecular formula is C10H13NO6S3. The molecule has 1 unspecified atom stereocenters. The lowest BCUT2D eigenvalue weighted by atomic mass is 10.2. The molecular weight excluding hydrogens is 326 g/mol. The van der Waals surface area contributed by atoms with E-state index in [4.69, 9.17) is 5.11 Å².